The van der Waals surface area contributed by atoms with Gasteiger partial charge in [-0.05, 0) is 24.3 Å². The Morgan fingerprint density at radius 2 is 2.20 bits per heavy atom. The molecule has 5 nitrogen and oxygen atoms in total. The van der Waals surface area contributed by atoms with E-state index in [1.807, 2.05) is 24.3 Å². The quantitative estimate of drug-likeness (QED) is 0.876. The predicted octanol–water partition coefficient (Wildman–Crippen LogP) is 2.68. The normalized spacial score (nSPS) is 19.1. The molecule has 0 spiro atoms. The van der Waals surface area contributed by atoms with Gasteiger partial charge in [0.05, 0.1) is 19.0 Å². The Morgan fingerprint density at radius 1 is 1.35 bits per heavy atom. The van der Waals surface area contributed by atoms with Gasteiger partial charge in [-0.1, -0.05) is 16.8 Å². The zero-order chi connectivity index (χ0) is 13.8. The molecule has 3 rings (SSSR count). The van der Waals surface area contributed by atoms with Crippen LogP contribution in [0.5, 0.6) is 0 Å². The highest BCUT2D eigenvalue weighted by atomic mass is 35.5. The van der Waals surface area contributed by atoms with Crippen LogP contribution in [0.15, 0.2) is 33.7 Å². The molecule has 1 N–H and O–H groups in total. The van der Waals surface area contributed by atoms with Crippen LogP contribution in [0.25, 0.3) is 0 Å². The van der Waals surface area contributed by atoms with E-state index in [9.17, 15) is 0 Å². The molecular formula is C13H14ClN3O2S. The van der Waals surface area contributed by atoms with Crippen molar-refractivity contribution in [2.75, 3.05) is 19.8 Å². The van der Waals surface area contributed by atoms with E-state index in [0.29, 0.717) is 24.1 Å². The van der Waals surface area contributed by atoms with Crippen molar-refractivity contribution in [3.63, 3.8) is 0 Å². The minimum absolute atomic E-state index is 0.00512. The summed E-state index contributed by atoms with van der Waals surface area (Å²) in [6.07, 6.45) is 0. The van der Waals surface area contributed by atoms with Gasteiger partial charge in [0.2, 0.25) is 5.89 Å². The molecule has 1 unspecified atom stereocenters. The first kappa shape index (κ1) is 13.9. The van der Waals surface area contributed by atoms with E-state index in [-0.39, 0.29) is 6.04 Å². The van der Waals surface area contributed by atoms with Crippen molar-refractivity contribution < 1.29 is 9.26 Å². The Labute approximate surface area is 126 Å². The molecule has 0 amide bonds. The van der Waals surface area contributed by atoms with E-state index in [0.717, 1.165) is 23.1 Å². The van der Waals surface area contributed by atoms with E-state index in [4.69, 9.17) is 20.9 Å². The second-order valence-corrected chi connectivity index (χ2v) is 5.86. The Kier molecular flexibility index (Phi) is 4.57. The molecule has 0 bridgehead atoms. The van der Waals surface area contributed by atoms with Crippen molar-refractivity contribution in [1.29, 1.82) is 0 Å². The Bertz CT molecular complexity index is 555. The summed E-state index contributed by atoms with van der Waals surface area (Å²) in [5, 5.41) is 8.02. The third-order valence-electron chi connectivity index (χ3n) is 2.89. The highest BCUT2D eigenvalue weighted by molar-refractivity contribution is 7.98. The molecule has 1 aliphatic rings. The molecule has 0 saturated carbocycles. The number of thioether (sulfide) groups is 1. The average Bonchev–Trinajstić information content (AvgIpc) is 2.97. The standard InChI is InChI=1S/C13H14ClN3O2S/c14-9-1-3-10(4-2-9)20-8-12-16-13(19-17-12)11-7-18-6-5-15-11/h1-4,11,15H,5-8H2. The number of benzene rings is 1. The van der Waals surface area contributed by atoms with Gasteiger partial charge < -0.3 is 14.6 Å². The van der Waals surface area contributed by atoms with Crippen molar-refractivity contribution in [3.05, 3.63) is 41.0 Å². The van der Waals surface area contributed by atoms with Crippen molar-refractivity contribution in [2.45, 2.75) is 16.7 Å². The maximum atomic E-state index is 5.85. The minimum Gasteiger partial charge on any atom is -0.378 e. The summed E-state index contributed by atoms with van der Waals surface area (Å²) >= 11 is 7.50. The van der Waals surface area contributed by atoms with Crippen molar-refractivity contribution in [3.8, 4) is 0 Å². The van der Waals surface area contributed by atoms with Crippen LogP contribution in [0.3, 0.4) is 0 Å². The first-order valence-corrected chi connectivity index (χ1v) is 7.69. The number of hydrogen-bond acceptors (Lipinski definition) is 6. The van der Waals surface area contributed by atoms with Gasteiger partial charge in [-0.2, -0.15) is 4.98 Å². The lowest BCUT2D eigenvalue weighted by Gasteiger charge is -2.20. The molecule has 1 aromatic heterocycles. The number of ether oxygens (including phenoxy) is 1. The van der Waals surface area contributed by atoms with Gasteiger partial charge in [-0.15, -0.1) is 11.8 Å². The molecule has 1 saturated heterocycles. The Morgan fingerprint density at radius 3 is 2.95 bits per heavy atom. The maximum Gasteiger partial charge on any atom is 0.246 e. The summed E-state index contributed by atoms with van der Waals surface area (Å²) in [4.78, 5) is 5.52. The van der Waals surface area contributed by atoms with E-state index in [2.05, 4.69) is 15.5 Å². The van der Waals surface area contributed by atoms with Gasteiger partial charge in [-0.3, -0.25) is 0 Å². The first-order valence-electron chi connectivity index (χ1n) is 6.33. The number of morpholine rings is 1. The lowest BCUT2D eigenvalue weighted by atomic mass is 10.3. The maximum absolute atomic E-state index is 5.85. The SMILES string of the molecule is Clc1ccc(SCc2noc(C3COCCN3)n2)cc1. The molecule has 1 aromatic carbocycles. The molecule has 0 aliphatic carbocycles. The van der Waals surface area contributed by atoms with Gasteiger partial charge in [-0.25, -0.2) is 0 Å². The van der Waals surface area contributed by atoms with Crippen LogP contribution in [0.4, 0.5) is 0 Å². The molecule has 20 heavy (non-hydrogen) atoms. The van der Waals surface area contributed by atoms with E-state index < -0.39 is 0 Å². The van der Waals surface area contributed by atoms with Gasteiger partial charge in [0, 0.05) is 16.5 Å². The molecular weight excluding hydrogens is 298 g/mol. The van der Waals surface area contributed by atoms with Gasteiger partial charge in [0.15, 0.2) is 5.82 Å². The number of rotatable bonds is 4. The molecule has 1 atom stereocenters. The number of nitrogens with zero attached hydrogens (tertiary/aromatic N) is 2. The minimum atomic E-state index is 0.00512. The number of halogens is 1. The van der Waals surface area contributed by atoms with E-state index in [1.54, 1.807) is 11.8 Å². The summed E-state index contributed by atoms with van der Waals surface area (Å²) in [5.74, 6) is 1.95. The van der Waals surface area contributed by atoms with Gasteiger partial charge in [0.1, 0.15) is 6.04 Å². The Balaban J connectivity index is 1.58. The van der Waals surface area contributed by atoms with Crippen molar-refractivity contribution >= 4 is 23.4 Å². The van der Waals surface area contributed by atoms with Crippen LogP contribution in [0.1, 0.15) is 17.8 Å². The number of nitrogens with one attached hydrogen (secondary N) is 1. The molecule has 7 heteroatoms. The number of hydrogen-bond donors (Lipinski definition) is 1. The lowest BCUT2D eigenvalue weighted by molar-refractivity contribution is 0.0659. The van der Waals surface area contributed by atoms with Gasteiger partial charge in [0.25, 0.3) is 0 Å². The van der Waals surface area contributed by atoms with Crippen LogP contribution in [-0.4, -0.2) is 29.9 Å². The highest BCUT2D eigenvalue weighted by Crippen LogP contribution is 2.24. The monoisotopic (exact) mass is 311 g/mol. The summed E-state index contributed by atoms with van der Waals surface area (Å²) in [6.45, 7) is 2.11. The summed E-state index contributed by atoms with van der Waals surface area (Å²) in [7, 11) is 0. The average molecular weight is 312 g/mol. The van der Waals surface area contributed by atoms with Crippen LogP contribution in [0, 0.1) is 0 Å². The van der Waals surface area contributed by atoms with Crippen LogP contribution in [0.2, 0.25) is 5.02 Å². The van der Waals surface area contributed by atoms with E-state index >= 15 is 0 Å². The zero-order valence-corrected chi connectivity index (χ0v) is 12.3. The molecule has 0 radical (unpaired) electrons. The largest absolute Gasteiger partial charge is 0.378 e. The van der Waals surface area contributed by atoms with Crippen molar-refractivity contribution in [1.82, 2.24) is 15.5 Å². The smallest absolute Gasteiger partial charge is 0.246 e. The molecule has 106 valence electrons. The molecule has 1 fully saturated rings. The third-order valence-corrected chi connectivity index (χ3v) is 4.15. The fourth-order valence-electron chi connectivity index (χ4n) is 1.87. The topological polar surface area (TPSA) is 60.2 Å². The first-order chi connectivity index (χ1) is 9.81. The summed E-state index contributed by atoms with van der Waals surface area (Å²) in [6, 6.07) is 7.70. The highest BCUT2D eigenvalue weighted by Gasteiger charge is 2.21. The fourth-order valence-corrected chi connectivity index (χ4v) is 2.74. The van der Waals surface area contributed by atoms with Gasteiger partial charge >= 0.3 is 0 Å². The van der Waals surface area contributed by atoms with E-state index in [1.165, 1.54) is 0 Å². The summed E-state index contributed by atoms with van der Waals surface area (Å²) in [5.41, 5.74) is 0. The third kappa shape index (κ3) is 3.52. The molecule has 2 heterocycles. The predicted molar refractivity (Wildman–Crippen MR) is 76.9 cm³/mol. The van der Waals surface area contributed by atoms with Crippen molar-refractivity contribution in [2.24, 2.45) is 0 Å². The zero-order valence-electron chi connectivity index (χ0n) is 10.7. The fraction of sp³-hybridized carbons (Fsp3) is 0.385. The Hall–Kier alpha value is -1.08. The second kappa shape index (κ2) is 6.58. The second-order valence-electron chi connectivity index (χ2n) is 4.37. The molecule has 1 aliphatic heterocycles. The molecule has 2 aromatic rings. The summed E-state index contributed by atoms with van der Waals surface area (Å²) < 4.78 is 10.7. The lowest BCUT2D eigenvalue weighted by Crippen LogP contribution is -2.34. The van der Waals surface area contributed by atoms with Crippen LogP contribution >= 0.6 is 23.4 Å². The van der Waals surface area contributed by atoms with Crippen LogP contribution in [-0.2, 0) is 10.5 Å². The number of aromatic nitrogens is 2. The van der Waals surface area contributed by atoms with Crippen LogP contribution < -0.4 is 5.32 Å².